The van der Waals surface area contributed by atoms with Crippen molar-refractivity contribution >= 4 is 46.2 Å². The molecule has 0 aliphatic carbocycles. The van der Waals surface area contributed by atoms with E-state index in [9.17, 15) is 9.59 Å². The van der Waals surface area contributed by atoms with Crippen LogP contribution in [0.15, 0.2) is 70.6 Å². The molecule has 0 N–H and O–H groups in total. The molecule has 6 heteroatoms. The van der Waals surface area contributed by atoms with E-state index in [0.29, 0.717) is 12.2 Å². The van der Waals surface area contributed by atoms with Gasteiger partial charge < -0.3 is 9.14 Å². The molecule has 0 fully saturated rings. The van der Waals surface area contributed by atoms with Gasteiger partial charge in [0.1, 0.15) is 0 Å². The van der Waals surface area contributed by atoms with E-state index < -0.39 is 0 Å². The van der Waals surface area contributed by atoms with E-state index in [-0.39, 0.29) is 11.1 Å². The Bertz CT molecular complexity index is 993. The van der Waals surface area contributed by atoms with Gasteiger partial charge in [0.15, 0.2) is 0 Å². The summed E-state index contributed by atoms with van der Waals surface area (Å²) in [6, 6.07) is 15.1. The number of carbonyl (C=O) groups excluding carboxylic acids is 2. The van der Waals surface area contributed by atoms with Crippen LogP contribution in [0.3, 0.4) is 0 Å². The number of aromatic nitrogens is 1. The van der Waals surface area contributed by atoms with E-state index in [2.05, 4.69) is 0 Å². The second-order valence-corrected chi connectivity index (χ2v) is 7.34. The third-order valence-electron chi connectivity index (χ3n) is 3.86. The van der Waals surface area contributed by atoms with Gasteiger partial charge in [0, 0.05) is 22.7 Å². The Labute approximate surface area is 166 Å². The van der Waals surface area contributed by atoms with Crippen LogP contribution in [0.2, 0.25) is 0 Å². The summed E-state index contributed by atoms with van der Waals surface area (Å²) < 4.78 is 6.97. The highest BCUT2D eigenvalue weighted by Crippen LogP contribution is 2.40. The monoisotopic (exact) mass is 397 g/mol. The van der Waals surface area contributed by atoms with Crippen molar-refractivity contribution in [3.8, 4) is 0 Å². The number of pyridine rings is 1. The third-order valence-corrected chi connectivity index (χ3v) is 5.85. The fraction of sp³-hybridized carbons (Fsp3) is 0.143. The molecule has 0 amide bonds. The van der Waals surface area contributed by atoms with Crippen LogP contribution in [0.4, 0.5) is 0 Å². The van der Waals surface area contributed by atoms with Crippen molar-refractivity contribution in [1.82, 2.24) is 4.40 Å². The average Bonchev–Trinajstić information content (AvgIpc) is 3.00. The Morgan fingerprint density at radius 1 is 1.07 bits per heavy atom. The van der Waals surface area contributed by atoms with Gasteiger partial charge in [-0.3, -0.25) is 4.79 Å². The zero-order valence-electron chi connectivity index (χ0n) is 15.0. The molecule has 0 bridgehead atoms. The van der Waals surface area contributed by atoms with Crippen molar-refractivity contribution in [2.24, 2.45) is 0 Å². The van der Waals surface area contributed by atoms with Crippen LogP contribution in [-0.2, 0) is 9.53 Å². The molecule has 3 aromatic rings. The first-order valence-electron chi connectivity index (χ1n) is 8.44. The molecule has 0 radical (unpaired) electrons. The molecule has 0 aliphatic heterocycles. The van der Waals surface area contributed by atoms with E-state index in [4.69, 9.17) is 4.74 Å². The molecule has 0 spiro atoms. The quantitative estimate of drug-likeness (QED) is 0.326. The summed E-state index contributed by atoms with van der Waals surface area (Å²) in [6.07, 6.45) is 7.06. The van der Waals surface area contributed by atoms with Gasteiger partial charge in [0.2, 0.25) is 5.12 Å². The van der Waals surface area contributed by atoms with Crippen molar-refractivity contribution in [1.29, 1.82) is 0 Å². The van der Waals surface area contributed by atoms with Crippen molar-refractivity contribution in [2.45, 2.75) is 16.7 Å². The maximum absolute atomic E-state index is 12.7. The first-order valence-corrected chi connectivity index (χ1v) is 10.5. The molecule has 0 unspecified atom stereocenters. The molecule has 0 saturated carbocycles. The molecule has 0 saturated heterocycles. The second kappa shape index (κ2) is 8.97. The molecular weight excluding hydrogens is 378 g/mol. The predicted molar refractivity (Wildman–Crippen MR) is 111 cm³/mol. The van der Waals surface area contributed by atoms with E-state index in [0.717, 1.165) is 21.0 Å². The molecule has 2 aromatic heterocycles. The lowest BCUT2D eigenvalue weighted by Gasteiger charge is -2.03. The highest BCUT2D eigenvalue weighted by atomic mass is 32.2. The van der Waals surface area contributed by atoms with Crippen molar-refractivity contribution < 1.29 is 14.3 Å². The first-order chi connectivity index (χ1) is 13.2. The van der Waals surface area contributed by atoms with Crippen molar-refractivity contribution in [3.05, 3.63) is 72.1 Å². The summed E-state index contributed by atoms with van der Waals surface area (Å²) in [7, 11) is 0. The van der Waals surface area contributed by atoms with Gasteiger partial charge >= 0.3 is 5.97 Å². The molecule has 27 heavy (non-hydrogen) atoms. The number of hydrogen-bond donors (Lipinski definition) is 0. The number of rotatable bonds is 6. The fourth-order valence-electron chi connectivity index (χ4n) is 2.70. The lowest BCUT2D eigenvalue weighted by molar-refractivity contribution is -0.137. The maximum atomic E-state index is 12.7. The van der Waals surface area contributed by atoms with Crippen molar-refractivity contribution in [2.75, 3.05) is 12.9 Å². The Morgan fingerprint density at radius 3 is 2.52 bits per heavy atom. The zero-order chi connectivity index (χ0) is 19.2. The molecule has 2 heterocycles. The molecule has 0 aliphatic rings. The number of esters is 1. The fourth-order valence-corrected chi connectivity index (χ4v) is 4.64. The molecule has 3 rings (SSSR count). The Balaban J connectivity index is 2.05. The Hall–Kier alpha value is -2.44. The normalized spacial score (nSPS) is 11.2. The van der Waals surface area contributed by atoms with Gasteiger partial charge in [0.25, 0.3) is 0 Å². The SMILES string of the molecule is CCOC(=O)/C=C/c1c(SC)c(SC(=O)c2ccccc2)c2ccccn12. The third kappa shape index (κ3) is 4.28. The maximum Gasteiger partial charge on any atom is 0.330 e. The largest absolute Gasteiger partial charge is 0.463 e. The summed E-state index contributed by atoms with van der Waals surface area (Å²) in [6.45, 7) is 2.11. The topological polar surface area (TPSA) is 47.8 Å². The summed E-state index contributed by atoms with van der Waals surface area (Å²) in [5.41, 5.74) is 2.45. The summed E-state index contributed by atoms with van der Waals surface area (Å²) in [5, 5.41) is -0.0109. The van der Waals surface area contributed by atoms with Crippen LogP contribution >= 0.6 is 23.5 Å². The van der Waals surface area contributed by atoms with Crippen LogP contribution in [0.5, 0.6) is 0 Å². The van der Waals surface area contributed by atoms with E-state index in [1.807, 2.05) is 65.4 Å². The standard InChI is InChI=1S/C21H19NO3S2/c1-3-25-18(23)13-12-17-19(26-2)20(16-11-7-8-14-22(16)17)27-21(24)15-9-5-4-6-10-15/h4-14H,3H2,1-2H3/b13-12+. The number of hydrogen-bond acceptors (Lipinski definition) is 5. The predicted octanol–water partition coefficient (Wildman–Crippen LogP) is 5.17. The smallest absolute Gasteiger partial charge is 0.330 e. The minimum Gasteiger partial charge on any atom is -0.463 e. The molecule has 1 aromatic carbocycles. The number of ether oxygens (including phenoxy) is 1. The number of nitrogens with zero attached hydrogens (tertiary/aromatic N) is 1. The first kappa shape index (κ1) is 19.3. The van der Waals surface area contributed by atoms with Gasteiger partial charge in [-0.15, -0.1) is 11.8 Å². The molecular formula is C21H19NO3S2. The number of fused-ring (bicyclic) bond motifs is 1. The van der Waals surface area contributed by atoms with Crippen LogP contribution in [0, 0.1) is 0 Å². The number of carbonyl (C=O) groups is 2. The van der Waals surface area contributed by atoms with Crippen molar-refractivity contribution in [3.63, 3.8) is 0 Å². The van der Waals surface area contributed by atoms with E-state index in [1.54, 1.807) is 24.8 Å². The average molecular weight is 398 g/mol. The van der Waals surface area contributed by atoms with Gasteiger partial charge in [-0.2, -0.15) is 0 Å². The number of benzene rings is 1. The highest BCUT2D eigenvalue weighted by molar-refractivity contribution is 8.14. The molecule has 0 atom stereocenters. The highest BCUT2D eigenvalue weighted by Gasteiger charge is 2.20. The lowest BCUT2D eigenvalue weighted by atomic mass is 10.2. The van der Waals surface area contributed by atoms with Crippen LogP contribution < -0.4 is 0 Å². The zero-order valence-corrected chi connectivity index (χ0v) is 16.7. The van der Waals surface area contributed by atoms with Gasteiger partial charge in [-0.05, 0) is 43.2 Å². The summed E-state index contributed by atoms with van der Waals surface area (Å²) in [5.74, 6) is -0.384. The molecule has 4 nitrogen and oxygen atoms in total. The van der Waals surface area contributed by atoms with E-state index >= 15 is 0 Å². The molecule has 138 valence electrons. The lowest BCUT2D eigenvalue weighted by Crippen LogP contribution is -1.99. The van der Waals surface area contributed by atoms with Gasteiger partial charge in [0.05, 0.1) is 22.7 Å². The summed E-state index contributed by atoms with van der Waals surface area (Å²) >= 11 is 2.76. The van der Waals surface area contributed by atoms with Crippen LogP contribution in [0.25, 0.3) is 11.6 Å². The minimum atomic E-state index is -0.384. The Morgan fingerprint density at radius 2 is 1.81 bits per heavy atom. The van der Waals surface area contributed by atoms with E-state index in [1.165, 1.54) is 17.8 Å². The van der Waals surface area contributed by atoms with Crippen LogP contribution in [-0.4, -0.2) is 28.3 Å². The van der Waals surface area contributed by atoms with Crippen LogP contribution in [0.1, 0.15) is 23.0 Å². The summed E-state index contributed by atoms with van der Waals surface area (Å²) in [4.78, 5) is 26.3. The minimum absolute atomic E-state index is 0.0109. The van der Waals surface area contributed by atoms with Gasteiger partial charge in [-0.25, -0.2) is 4.79 Å². The number of thioether (sulfide) groups is 2. The van der Waals surface area contributed by atoms with Gasteiger partial charge in [-0.1, -0.05) is 36.4 Å². The second-order valence-electron chi connectivity index (χ2n) is 5.54. The Kier molecular flexibility index (Phi) is 6.42.